The Labute approximate surface area is 112 Å². The molecule has 0 bridgehead atoms. The van der Waals surface area contributed by atoms with Crippen LogP contribution in [0.15, 0.2) is 0 Å². The Hall–Kier alpha value is -0.120. The molecule has 0 aromatic heterocycles. The number of likely N-dealkylation sites (N-methyl/N-ethyl adjacent to an activating group) is 1. The van der Waals surface area contributed by atoms with Crippen LogP contribution in [-0.4, -0.2) is 60.8 Å². The number of hydrogen-bond acceptors (Lipinski definition) is 3. The van der Waals surface area contributed by atoms with Gasteiger partial charge in [-0.15, -0.1) is 0 Å². The summed E-state index contributed by atoms with van der Waals surface area (Å²) in [4.78, 5) is 5.02. The molecular formula is C15H30N2O. The maximum absolute atomic E-state index is 9.89. The van der Waals surface area contributed by atoms with E-state index in [1.165, 1.54) is 32.2 Å². The van der Waals surface area contributed by atoms with E-state index >= 15 is 0 Å². The van der Waals surface area contributed by atoms with Crippen molar-refractivity contribution in [2.24, 2.45) is 11.3 Å². The Morgan fingerprint density at radius 2 is 2.06 bits per heavy atom. The first-order valence-corrected chi connectivity index (χ1v) is 7.58. The molecule has 3 nitrogen and oxygen atoms in total. The number of piperazine rings is 1. The summed E-state index contributed by atoms with van der Waals surface area (Å²) in [6.45, 7) is 9.63. The van der Waals surface area contributed by atoms with Crippen molar-refractivity contribution < 1.29 is 5.11 Å². The van der Waals surface area contributed by atoms with E-state index in [9.17, 15) is 5.11 Å². The fourth-order valence-electron chi connectivity index (χ4n) is 3.95. The van der Waals surface area contributed by atoms with E-state index in [-0.39, 0.29) is 5.41 Å². The van der Waals surface area contributed by atoms with E-state index < -0.39 is 0 Å². The molecule has 2 fully saturated rings. The molecule has 1 aliphatic heterocycles. The summed E-state index contributed by atoms with van der Waals surface area (Å²) in [7, 11) is 2.21. The number of nitrogens with zero attached hydrogens (tertiary/aromatic N) is 2. The molecule has 2 aliphatic rings. The molecule has 0 radical (unpaired) electrons. The quantitative estimate of drug-likeness (QED) is 0.832. The molecule has 2 rings (SSSR count). The zero-order valence-corrected chi connectivity index (χ0v) is 12.4. The minimum Gasteiger partial charge on any atom is -0.396 e. The van der Waals surface area contributed by atoms with Crippen LogP contribution in [0.2, 0.25) is 0 Å². The summed E-state index contributed by atoms with van der Waals surface area (Å²) in [5.74, 6) is 0.786. The maximum atomic E-state index is 9.89. The van der Waals surface area contributed by atoms with Crippen LogP contribution < -0.4 is 0 Å². The van der Waals surface area contributed by atoms with E-state index in [4.69, 9.17) is 0 Å². The standard InChI is InChI=1S/C15H30N2O/c1-13-5-4-6-15(9-13,12-18)11-17-8-7-16(3)10-14(17)2/h13-14,18H,4-12H2,1-3H3. The van der Waals surface area contributed by atoms with Crippen LogP contribution in [0.3, 0.4) is 0 Å². The fraction of sp³-hybridized carbons (Fsp3) is 1.00. The van der Waals surface area contributed by atoms with Crippen molar-refractivity contribution in [2.45, 2.75) is 45.6 Å². The van der Waals surface area contributed by atoms with Gasteiger partial charge in [0.15, 0.2) is 0 Å². The van der Waals surface area contributed by atoms with Crippen molar-refractivity contribution in [1.29, 1.82) is 0 Å². The van der Waals surface area contributed by atoms with Gasteiger partial charge in [0.05, 0.1) is 0 Å². The zero-order chi connectivity index (χ0) is 13.2. The van der Waals surface area contributed by atoms with Crippen LogP contribution >= 0.6 is 0 Å². The normalized spacial score (nSPS) is 40.0. The van der Waals surface area contributed by atoms with Gasteiger partial charge in [-0.2, -0.15) is 0 Å². The molecule has 106 valence electrons. The van der Waals surface area contributed by atoms with Crippen molar-refractivity contribution >= 4 is 0 Å². The van der Waals surface area contributed by atoms with Crippen LogP contribution in [0.5, 0.6) is 0 Å². The average molecular weight is 254 g/mol. The molecule has 0 aromatic carbocycles. The SMILES string of the molecule is CC1CCCC(CO)(CN2CCN(C)CC2C)C1. The Kier molecular flexibility index (Phi) is 4.68. The van der Waals surface area contributed by atoms with Crippen molar-refractivity contribution in [1.82, 2.24) is 9.80 Å². The Bertz CT molecular complexity index is 271. The molecule has 0 aromatic rings. The maximum Gasteiger partial charge on any atom is 0.0499 e. The van der Waals surface area contributed by atoms with Gasteiger partial charge in [-0.3, -0.25) is 4.90 Å². The van der Waals surface area contributed by atoms with Crippen molar-refractivity contribution in [2.75, 3.05) is 39.8 Å². The second-order valence-corrected chi connectivity index (χ2v) is 6.94. The molecule has 3 heteroatoms. The summed E-state index contributed by atoms with van der Waals surface area (Å²) < 4.78 is 0. The lowest BCUT2D eigenvalue weighted by Gasteiger charge is -2.46. The molecule has 1 saturated heterocycles. The van der Waals surface area contributed by atoms with Crippen molar-refractivity contribution in [3.05, 3.63) is 0 Å². The molecule has 3 unspecified atom stereocenters. The Morgan fingerprint density at radius 1 is 1.28 bits per heavy atom. The Morgan fingerprint density at radius 3 is 2.67 bits per heavy atom. The van der Waals surface area contributed by atoms with Crippen LogP contribution in [0.4, 0.5) is 0 Å². The lowest BCUT2D eigenvalue weighted by molar-refractivity contribution is -0.00647. The van der Waals surface area contributed by atoms with E-state index in [0.29, 0.717) is 12.6 Å². The molecule has 1 N–H and O–H groups in total. The van der Waals surface area contributed by atoms with Crippen LogP contribution in [0.1, 0.15) is 39.5 Å². The molecular weight excluding hydrogens is 224 g/mol. The number of rotatable bonds is 3. The third-order valence-electron chi connectivity index (χ3n) is 5.03. The average Bonchev–Trinajstić information content (AvgIpc) is 2.33. The fourth-order valence-corrected chi connectivity index (χ4v) is 3.95. The first kappa shape index (κ1) is 14.3. The van der Waals surface area contributed by atoms with Gasteiger partial charge in [0.2, 0.25) is 0 Å². The van der Waals surface area contributed by atoms with Gasteiger partial charge in [0.1, 0.15) is 0 Å². The highest BCUT2D eigenvalue weighted by atomic mass is 16.3. The third-order valence-corrected chi connectivity index (χ3v) is 5.03. The van der Waals surface area contributed by atoms with Gasteiger partial charge >= 0.3 is 0 Å². The summed E-state index contributed by atoms with van der Waals surface area (Å²) in [5.41, 5.74) is 0.182. The lowest BCUT2D eigenvalue weighted by atomic mass is 9.70. The summed E-state index contributed by atoms with van der Waals surface area (Å²) in [6, 6.07) is 0.629. The second-order valence-electron chi connectivity index (χ2n) is 6.94. The molecule has 1 aliphatic carbocycles. The first-order valence-electron chi connectivity index (χ1n) is 7.58. The molecule has 3 atom stereocenters. The summed E-state index contributed by atoms with van der Waals surface area (Å²) >= 11 is 0. The Balaban J connectivity index is 1.97. The van der Waals surface area contributed by atoms with Gasteiger partial charge < -0.3 is 10.0 Å². The number of hydrogen-bond donors (Lipinski definition) is 1. The zero-order valence-electron chi connectivity index (χ0n) is 12.4. The van der Waals surface area contributed by atoms with E-state index in [0.717, 1.165) is 25.6 Å². The minimum atomic E-state index is 0.182. The van der Waals surface area contributed by atoms with Gasteiger partial charge in [-0.05, 0) is 32.7 Å². The lowest BCUT2D eigenvalue weighted by Crippen LogP contribution is -2.54. The van der Waals surface area contributed by atoms with Crippen molar-refractivity contribution in [3.8, 4) is 0 Å². The van der Waals surface area contributed by atoms with Gasteiger partial charge in [0, 0.05) is 44.2 Å². The first-order chi connectivity index (χ1) is 8.54. The van der Waals surface area contributed by atoms with Gasteiger partial charge in [-0.25, -0.2) is 0 Å². The molecule has 18 heavy (non-hydrogen) atoms. The molecule has 1 heterocycles. The molecule has 1 saturated carbocycles. The topological polar surface area (TPSA) is 26.7 Å². The van der Waals surface area contributed by atoms with Crippen molar-refractivity contribution in [3.63, 3.8) is 0 Å². The number of aliphatic hydroxyl groups excluding tert-OH is 1. The van der Waals surface area contributed by atoms with E-state index in [2.05, 4.69) is 30.7 Å². The van der Waals surface area contributed by atoms with Crippen LogP contribution in [0.25, 0.3) is 0 Å². The van der Waals surface area contributed by atoms with Crippen LogP contribution in [-0.2, 0) is 0 Å². The van der Waals surface area contributed by atoms with Crippen LogP contribution in [0, 0.1) is 11.3 Å². The highest BCUT2D eigenvalue weighted by molar-refractivity contribution is 4.90. The molecule has 0 amide bonds. The highest BCUT2D eigenvalue weighted by Gasteiger charge is 2.37. The smallest absolute Gasteiger partial charge is 0.0499 e. The molecule has 0 spiro atoms. The van der Waals surface area contributed by atoms with E-state index in [1.807, 2.05) is 0 Å². The summed E-state index contributed by atoms with van der Waals surface area (Å²) in [5, 5.41) is 9.89. The predicted molar refractivity (Wildman–Crippen MR) is 75.7 cm³/mol. The number of aliphatic hydroxyl groups is 1. The summed E-state index contributed by atoms with van der Waals surface area (Å²) in [6.07, 6.45) is 5.07. The monoisotopic (exact) mass is 254 g/mol. The third kappa shape index (κ3) is 3.25. The predicted octanol–water partition coefficient (Wildman–Crippen LogP) is 1.81. The van der Waals surface area contributed by atoms with Gasteiger partial charge in [-0.1, -0.05) is 19.8 Å². The largest absolute Gasteiger partial charge is 0.396 e. The second kappa shape index (κ2) is 5.89. The minimum absolute atomic E-state index is 0.182. The van der Waals surface area contributed by atoms with Gasteiger partial charge in [0.25, 0.3) is 0 Å². The van der Waals surface area contributed by atoms with E-state index in [1.54, 1.807) is 0 Å². The highest BCUT2D eigenvalue weighted by Crippen LogP contribution is 2.40.